The van der Waals surface area contributed by atoms with Gasteiger partial charge in [-0.3, -0.25) is 0 Å². The van der Waals surface area contributed by atoms with Gasteiger partial charge in [0.15, 0.2) is 0 Å². The van der Waals surface area contributed by atoms with Crippen LogP contribution in [0.2, 0.25) is 0 Å². The smallest absolute Gasteiger partial charge is 0.0397 e. The van der Waals surface area contributed by atoms with Crippen LogP contribution >= 0.6 is 0 Å². The molecule has 80 valence electrons. The molecule has 0 radical (unpaired) electrons. The molecular formula is C13H18N2. The maximum Gasteiger partial charge on any atom is 0.0397 e. The standard InChI is InChI=1S/C13H18N2/c1-15-8-6-13(7-9-15)11-5-3-2-4-10(11)12(13)14/h2-5,12H,6-9,14H2,1H3/t12-/m0/s1. The molecule has 3 rings (SSSR count). The molecule has 2 nitrogen and oxygen atoms in total. The van der Waals surface area contributed by atoms with E-state index in [2.05, 4.69) is 36.2 Å². The fraction of sp³-hybridized carbons (Fsp3) is 0.538. The highest BCUT2D eigenvalue weighted by Gasteiger charge is 2.50. The zero-order chi connectivity index (χ0) is 10.5. The molecule has 1 aliphatic carbocycles. The Kier molecular flexibility index (Phi) is 1.91. The van der Waals surface area contributed by atoms with Crippen molar-refractivity contribution in [2.45, 2.75) is 24.3 Å². The van der Waals surface area contributed by atoms with E-state index >= 15 is 0 Å². The third kappa shape index (κ3) is 1.12. The van der Waals surface area contributed by atoms with E-state index in [1.165, 1.54) is 37.1 Å². The normalized spacial score (nSPS) is 28.5. The Hall–Kier alpha value is -0.860. The molecule has 2 aliphatic rings. The van der Waals surface area contributed by atoms with Crippen LogP contribution in [0.15, 0.2) is 24.3 Å². The quantitative estimate of drug-likeness (QED) is 0.693. The number of hydrogen-bond acceptors (Lipinski definition) is 2. The van der Waals surface area contributed by atoms with Gasteiger partial charge in [0.25, 0.3) is 0 Å². The van der Waals surface area contributed by atoms with Gasteiger partial charge in [0.2, 0.25) is 0 Å². The number of hydrogen-bond donors (Lipinski definition) is 1. The van der Waals surface area contributed by atoms with Crippen molar-refractivity contribution in [1.82, 2.24) is 4.90 Å². The van der Waals surface area contributed by atoms with Crippen molar-refractivity contribution in [2.75, 3.05) is 20.1 Å². The van der Waals surface area contributed by atoms with E-state index in [-0.39, 0.29) is 6.04 Å². The fourth-order valence-electron chi connectivity index (χ4n) is 3.21. The predicted molar refractivity (Wildman–Crippen MR) is 61.8 cm³/mol. The van der Waals surface area contributed by atoms with E-state index in [0.717, 1.165) is 0 Å². The minimum Gasteiger partial charge on any atom is -0.323 e. The molecule has 0 saturated carbocycles. The van der Waals surface area contributed by atoms with Gasteiger partial charge in [0.05, 0.1) is 0 Å². The average Bonchev–Trinajstić information content (AvgIpc) is 2.30. The van der Waals surface area contributed by atoms with Crippen molar-refractivity contribution in [1.29, 1.82) is 0 Å². The summed E-state index contributed by atoms with van der Waals surface area (Å²) in [5.41, 5.74) is 9.53. The summed E-state index contributed by atoms with van der Waals surface area (Å²) in [6.45, 7) is 2.37. The summed E-state index contributed by atoms with van der Waals surface area (Å²) in [5, 5.41) is 0. The van der Waals surface area contributed by atoms with Crippen LogP contribution in [0.3, 0.4) is 0 Å². The molecule has 1 aromatic rings. The molecule has 0 amide bonds. The van der Waals surface area contributed by atoms with Crippen LogP contribution < -0.4 is 5.73 Å². The van der Waals surface area contributed by atoms with E-state index < -0.39 is 0 Å². The van der Waals surface area contributed by atoms with Crippen LogP contribution in [-0.4, -0.2) is 25.0 Å². The van der Waals surface area contributed by atoms with Crippen LogP contribution in [0.5, 0.6) is 0 Å². The number of benzene rings is 1. The summed E-state index contributed by atoms with van der Waals surface area (Å²) in [7, 11) is 2.20. The molecule has 2 N–H and O–H groups in total. The van der Waals surface area contributed by atoms with Gasteiger partial charge in [-0.1, -0.05) is 24.3 Å². The van der Waals surface area contributed by atoms with Gasteiger partial charge in [-0.25, -0.2) is 0 Å². The lowest BCUT2D eigenvalue weighted by molar-refractivity contribution is 0.138. The highest BCUT2D eigenvalue weighted by Crippen LogP contribution is 2.54. The number of likely N-dealkylation sites (tertiary alicyclic amines) is 1. The van der Waals surface area contributed by atoms with Gasteiger partial charge in [-0.2, -0.15) is 0 Å². The van der Waals surface area contributed by atoms with Crippen molar-refractivity contribution in [3.05, 3.63) is 35.4 Å². The van der Waals surface area contributed by atoms with E-state index in [1.807, 2.05) is 0 Å². The van der Waals surface area contributed by atoms with Crippen LogP contribution in [-0.2, 0) is 5.41 Å². The van der Waals surface area contributed by atoms with Crippen molar-refractivity contribution in [3.8, 4) is 0 Å². The molecule has 1 aromatic carbocycles. The molecule has 0 unspecified atom stereocenters. The number of rotatable bonds is 0. The maximum atomic E-state index is 6.33. The summed E-state index contributed by atoms with van der Waals surface area (Å²) in [5.74, 6) is 0. The van der Waals surface area contributed by atoms with Crippen LogP contribution in [0, 0.1) is 0 Å². The van der Waals surface area contributed by atoms with Gasteiger partial charge in [-0.05, 0) is 44.1 Å². The minimum atomic E-state index is 0.280. The molecule has 1 heterocycles. The first-order valence-corrected chi connectivity index (χ1v) is 5.77. The van der Waals surface area contributed by atoms with E-state index in [9.17, 15) is 0 Å². The second kappa shape index (κ2) is 3.06. The first-order chi connectivity index (χ1) is 7.24. The van der Waals surface area contributed by atoms with Crippen molar-refractivity contribution >= 4 is 0 Å². The maximum absolute atomic E-state index is 6.33. The Morgan fingerprint density at radius 1 is 1.27 bits per heavy atom. The molecule has 1 fully saturated rings. The third-order valence-electron chi connectivity index (χ3n) is 4.31. The fourth-order valence-corrected chi connectivity index (χ4v) is 3.21. The highest BCUT2D eigenvalue weighted by atomic mass is 15.1. The van der Waals surface area contributed by atoms with Crippen molar-refractivity contribution in [3.63, 3.8) is 0 Å². The van der Waals surface area contributed by atoms with Crippen molar-refractivity contribution < 1.29 is 0 Å². The largest absolute Gasteiger partial charge is 0.323 e. The zero-order valence-electron chi connectivity index (χ0n) is 9.24. The number of nitrogens with two attached hydrogens (primary N) is 1. The summed E-state index contributed by atoms with van der Waals surface area (Å²) in [6, 6.07) is 8.97. The molecule has 2 heteroatoms. The van der Waals surface area contributed by atoms with E-state index in [0.29, 0.717) is 5.41 Å². The summed E-state index contributed by atoms with van der Waals surface area (Å²) in [4.78, 5) is 2.40. The molecular weight excluding hydrogens is 184 g/mol. The van der Waals surface area contributed by atoms with Gasteiger partial charge in [0.1, 0.15) is 0 Å². The van der Waals surface area contributed by atoms with Crippen molar-refractivity contribution in [2.24, 2.45) is 5.73 Å². The Morgan fingerprint density at radius 3 is 2.67 bits per heavy atom. The van der Waals surface area contributed by atoms with Gasteiger partial charge in [0, 0.05) is 11.5 Å². The second-order valence-electron chi connectivity index (χ2n) is 5.02. The lowest BCUT2D eigenvalue weighted by atomic mass is 9.56. The molecule has 1 atom stereocenters. The Bertz CT molecular complexity index is 378. The zero-order valence-corrected chi connectivity index (χ0v) is 9.24. The predicted octanol–water partition coefficient (Wildman–Crippen LogP) is 1.66. The number of fused-ring (bicyclic) bond motifs is 2. The van der Waals surface area contributed by atoms with Gasteiger partial charge < -0.3 is 10.6 Å². The monoisotopic (exact) mass is 202 g/mol. The first-order valence-electron chi connectivity index (χ1n) is 5.77. The molecule has 1 aliphatic heterocycles. The lowest BCUT2D eigenvalue weighted by Crippen LogP contribution is -2.53. The number of piperidine rings is 1. The first kappa shape index (κ1) is 9.37. The SMILES string of the molecule is CN1CCC2(CC1)c1ccccc1[C@@H]2N. The second-order valence-corrected chi connectivity index (χ2v) is 5.02. The molecule has 15 heavy (non-hydrogen) atoms. The van der Waals surface area contributed by atoms with Crippen LogP contribution in [0.4, 0.5) is 0 Å². The molecule has 1 saturated heterocycles. The Labute approximate surface area is 91.1 Å². The summed E-state index contributed by atoms with van der Waals surface area (Å²) >= 11 is 0. The lowest BCUT2D eigenvalue weighted by Gasteiger charge is -2.53. The van der Waals surface area contributed by atoms with Gasteiger partial charge in [-0.15, -0.1) is 0 Å². The highest BCUT2D eigenvalue weighted by molar-refractivity contribution is 5.49. The molecule has 1 spiro atoms. The Balaban J connectivity index is 1.96. The van der Waals surface area contributed by atoms with E-state index in [1.54, 1.807) is 0 Å². The van der Waals surface area contributed by atoms with Crippen LogP contribution in [0.25, 0.3) is 0 Å². The Morgan fingerprint density at radius 2 is 1.93 bits per heavy atom. The average molecular weight is 202 g/mol. The summed E-state index contributed by atoms with van der Waals surface area (Å²) < 4.78 is 0. The van der Waals surface area contributed by atoms with Crippen LogP contribution in [0.1, 0.15) is 30.0 Å². The number of nitrogens with zero attached hydrogens (tertiary/aromatic N) is 1. The van der Waals surface area contributed by atoms with Gasteiger partial charge >= 0.3 is 0 Å². The summed E-state index contributed by atoms with van der Waals surface area (Å²) in [6.07, 6.45) is 2.45. The minimum absolute atomic E-state index is 0.280. The molecule has 0 aromatic heterocycles. The molecule has 0 bridgehead atoms. The third-order valence-corrected chi connectivity index (χ3v) is 4.31. The van der Waals surface area contributed by atoms with E-state index in [4.69, 9.17) is 5.73 Å². The topological polar surface area (TPSA) is 29.3 Å².